The summed E-state index contributed by atoms with van der Waals surface area (Å²) in [5.74, 6) is 0.981. The number of rotatable bonds is 3. The van der Waals surface area contributed by atoms with Crippen LogP contribution in [0.4, 0.5) is 0 Å². The third-order valence-electron chi connectivity index (χ3n) is 4.05. The minimum atomic E-state index is -0.145. The number of hydrogen-bond acceptors (Lipinski definition) is 4. The summed E-state index contributed by atoms with van der Waals surface area (Å²) in [6.07, 6.45) is 8.12. The molecule has 0 spiro atoms. The van der Waals surface area contributed by atoms with E-state index in [0.717, 1.165) is 6.42 Å². The van der Waals surface area contributed by atoms with Crippen molar-refractivity contribution in [1.82, 2.24) is 25.3 Å². The maximum Gasteiger partial charge on any atom is 0.272 e. The molecule has 0 bridgehead atoms. The van der Waals surface area contributed by atoms with Crippen LogP contribution in [0.15, 0.2) is 30.6 Å². The summed E-state index contributed by atoms with van der Waals surface area (Å²) in [5, 5.41) is 15.2. The van der Waals surface area contributed by atoms with Gasteiger partial charge in [0.05, 0.1) is 0 Å². The lowest BCUT2D eigenvalue weighted by Gasteiger charge is -2.29. The van der Waals surface area contributed by atoms with Gasteiger partial charge in [-0.1, -0.05) is 19.8 Å². The van der Waals surface area contributed by atoms with Crippen LogP contribution in [0.1, 0.15) is 43.1 Å². The van der Waals surface area contributed by atoms with Crippen molar-refractivity contribution in [2.24, 2.45) is 5.92 Å². The fourth-order valence-corrected chi connectivity index (χ4v) is 2.75. The molecule has 1 saturated carbocycles. The number of nitrogens with zero attached hydrogens (tertiary/aromatic N) is 4. The number of carbonyl (C=O) groups excluding carboxylic acids is 1. The quantitative estimate of drug-likeness (QED) is 0.935. The summed E-state index contributed by atoms with van der Waals surface area (Å²) in [5.41, 5.74) is 0.351. The van der Waals surface area contributed by atoms with Gasteiger partial charge in [0, 0.05) is 18.4 Å². The molecule has 0 saturated heterocycles. The van der Waals surface area contributed by atoms with Crippen LogP contribution in [0.5, 0.6) is 0 Å². The maximum atomic E-state index is 12.2. The van der Waals surface area contributed by atoms with Crippen LogP contribution < -0.4 is 5.32 Å². The Labute approximate surface area is 123 Å². The van der Waals surface area contributed by atoms with Gasteiger partial charge in [-0.05, 0) is 37.0 Å². The molecule has 0 aromatic carbocycles. The molecular weight excluding hydrogens is 266 g/mol. The Morgan fingerprint density at radius 3 is 2.81 bits per heavy atom. The zero-order chi connectivity index (χ0) is 14.7. The van der Waals surface area contributed by atoms with Crippen LogP contribution in [0, 0.1) is 5.92 Å². The van der Waals surface area contributed by atoms with Gasteiger partial charge in [-0.3, -0.25) is 4.79 Å². The summed E-state index contributed by atoms with van der Waals surface area (Å²) < 4.78 is 1.61. The zero-order valence-electron chi connectivity index (χ0n) is 12.1. The maximum absolute atomic E-state index is 12.2. The molecule has 3 rings (SSSR count). The lowest BCUT2D eigenvalue weighted by atomic mass is 9.86. The van der Waals surface area contributed by atoms with Gasteiger partial charge in [0.2, 0.25) is 0 Å². The average molecular weight is 285 g/mol. The molecule has 1 amide bonds. The van der Waals surface area contributed by atoms with Crippen molar-refractivity contribution in [1.29, 1.82) is 0 Å². The molecular formula is C15H19N5O. The molecule has 0 radical (unpaired) electrons. The molecule has 6 heteroatoms. The van der Waals surface area contributed by atoms with E-state index < -0.39 is 0 Å². The first-order valence-corrected chi connectivity index (χ1v) is 7.38. The van der Waals surface area contributed by atoms with E-state index >= 15 is 0 Å². The Morgan fingerprint density at radius 1 is 1.29 bits per heavy atom. The van der Waals surface area contributed by atoms with Crippen LogP contribution >= 0.6 is 0 Å². The van der Waals surface area contributed by atoms with Crippen molar-refractivity contribution in [2.75, 3.05) is 0 Å². The van der Waals surface area contributed by atoms with Crippen LogP contribution in [-0.4, -0.2) is 31.9 Å². The normalized spacial score (nSPS) is 22.0. The first-order valence-electron chi connectivity index (χ1n) is 7.38. The molecule has 110 valence electrons. The van der Waals surface area contributed by atoms with Gasteiger partial charge in [0.15, 0.2) is 11.5 Å². The van der Waals surface area contributed by atoms with E-state index in [0.29, 0.717) is 17.4 Å². The summed E-state index contributed by atoms with van der Waals surface area (Å²) in [6.45, 7) is 2.19. The van der Waals surface area contributed by atoms with Gasteiger partial charge >= 0.3 is 0 Å². The summed E-state index contributed by atoms with van der Waals surface area (Å²) in [6, 6.07) is 5.50. The molecule has 2 heterocycles. The van der Waals surface area contributed by atoms with Crippen molar-refractivity contribution < 1.29 is 4.79 Å². The third kappa shape index (κ3) is 3.09. The van der Waals surface area contributed by atoms with E-state index in [9.17, 15) is 4.79 Å². The SMILES string of the molecule is CC1CCCCC1NC(=O)c1ccc(-n2cccn2)nn1. The molecule has 21 heavy (non-hydrogen) atoms. The van der Waals surface area contributed by atoms with Gasteiger partial charge in [0.1, 0.15) is 0 Å². The Hall–Kier alpha value is -2.24. The van der Waals surface area contributed by atoms with E-state index in [1.165, 1.54) is 19.3 Å². The standard InChI is InChI=1S/C15H19N5O/c1-11-5-2-3-6-12(11)17-15(21)13-7-8-14(19-18-13)20-10-4-9-16-20/h4,7-12H,2-3,5-6H2,1H3,(H,17,21). The highest BCUT2D eigenvalue weighted by atomic mass is 16.2. The first kappa shape index (κ1) is 13.7. The molecule has 2 aromatic rings. The summed E-state index contributed by atoms with van der Waals surface area (Å²) >= 11 is 0. The molecule has 1 aliphatic carbocycles. The number of hydrogen-bond donors (Lipinski definition) is 1. The average Bonchev–Trinajstić information content (AvgIpc) is 3.04. The number of amides is 1. The minimum Gasteiger partial charge on any atom is -0.348 e. The highest BCUT2D eigenvalue weighted by Crippen LogP contribution is 2.23. The van der Waals surface area contributed by atoms with Gasteiger partial charge in [-0.2, -0.15) is 5.10 Å². The lowest BCUT2D eigenvalue weighted by Crippen LogP contribution is -2.41. The van der Waals surface area contributed by atoms with Crippen LogP contribution in [-0.2, 0) is 0 Å². The molecule has 0 aliphatic heterocycles. The molecule has 2 aromatic heterocycles. The van der Waals surface area contributed by atoms with E-state index in [4.69, 9.17) is 0 Å². The molecule has 2 unspecified atom stereocenters. The number of nitrogens with one attached hydrogen (secondary N) is 1. The van der Waals surface area contributed by atoms with Crippen molar-refractivity contribution in [3.05, 3.63) is 36.3 Å². The second-order valence-corrected chi connectivity index (χ2v) is 5.57. The molecule has 1 N–H and O–H groups in total. The second kappa shape index (κ2) is 6.03. The van der Waals surface area contributed by atoms with Gasteiger partial charge < -0.3 is 5.32 Å². The first-order chi connectivity index (χ1) is 10.2. The second-order valence-electron chi connectivity index (χ2n) is 5.57. The summed E-state index contributed by atoms with van der Waals surface area (Å²) in [4.78, 5) is 12.2. The van der Waals surface area contributed by atoms with E-state index in [-0.39, 0.29) is 11.9 Å². The van der Waals surface area contributed by atoms with Crippen molar-refractivity contribution in [3.8, 4) is 5.82 Å². The highest BCUT2D eigenvalue weighted by Gasteiger charge is 2.23. The third-order valence-corrected chi connectivity index (χ3v) is 4.05. The minimum absolute atomic E-state index is 0.145. The Balaban J connectivity index is 1.67. The fraction of sp³-hybridized carbons (Fsp3) is 0.467. The largest absolute Gasteiger partial charge is 0.348 e. The highest BCUT2D eigenvalue weighted by molar-refractivity contribution is 5.92. The van der Waals surface area contributed by atoms with Gasteiger partial charge in [-0.25, -0.2) is 4.68 Å². The summed E-state index contributed by atoms with van der Waals surface area (Å²) in [7, 11) is 0. The van der Waals surface area contributed by atoms with E-state index in [1.54, 1.807) is 29.2 Å². The topological polar surface area (TPSA) is 72.7 Å². The smallest absolute Gasteiger partial charge is 0.272 e. The monoisotopic (exact) mass is 285 g/mol. The van der Waals surface area contributed by atoms with Crippen LogP contribution in [0.3, 0.4) is 0 Å². The Morgan fingerprint density at radius 2 is 2.14 bits per heavy atom. The van der Waals surface area contributed by atoms with E-state index in [1.807, 2.05) is 6.07 Å². The van der Waals surface area contributed by atoms with Gasteiger partial charge in [0.25, 0.3) is 5.91 Å². The Bertz CT molecular complexity index is 593. The predicted molar refractivity (Wildman–Crippen MR) is 78.0 cm³/mol. The molecule has 6 nitrogen and oxygen atoms in total. The predicted octanol–water partition coefficient (Wildman–Crippen LogP) is 1.97. The lowest BCUT2D eigenvalue weighted by molar-refractivity contribution is 0.0904. The molecule has 1 fully saturated rings. The van der Waals surface area contributed by atoms with E-state index in [2.05, 4.69) is 27.5 Å². The molecule has 1 aliphatic rings. The van der Waals surface area contributed by atoms with Crippen LogP contribution in [0.2, 0.25) is 0 Å². The fourth-order valence-electron chi connectivity index (χ4n) is 2.75. The van der Waals surface area contributed by atoms with Gasteiger partial charge in [-0.15, -0.1) is 10.2 Å². The number of aromatic nitrogens is 4. The zero-order valence-corrected chi connectivity index (χ0v) is 12.1. The number of carbonyl (C=O) groups is 1. The van der Waals surface area contributed by atoms with Crippen molar-refractivity contribution in [2.45, 2.75) is 38.6 Å². The van der Waals surface area contributed by atoms with Crippen molar-refractivity contribution >= 4 is 5.91 Å². The van der Waals surface area contributed by atoms with Crippen LogP contribution in [0.25, 0.3) is 5.82 Å². The Kier molecular flexibility index (Phi) is 3.94. The van der Waals surface area contributed by atoms with Crippen molar-refractivity contribution in [3.63, 3.8) is 0 Å². The molecule has 2 atom stereocenters.